The molecule has 5 rings (SSSR count). The molecule has 1 aliphatic carbocycles. The van der Waals surface area contributed by atoms with Crippen LogP contribution in [-0.2, 0) is 12.8 Å². The minimum atomic E-state index is -0.536. The Balaban J connectivity index is 1.61. The minimum Gasteiger partial charge on any atom is -0.293 e. The molecule has 0 radical (unpaired) electrons. The summed E-state index contributed by atoms with van der Waals surface area (Å²) in [5.41, 5.74) is 1.19. The van der Waals surface area contributed by atoms with E-state index < -0.39 is 11.6 Å². The zero-order valence-corrected chi connectivity index (χ0v) is 18.6. The Labute approximate surface area is 190 Å². The SMILES string of the molecule is O=C(CSc1nc2sc3c(c2c(=O)n1-c1ccccc1F)CCCC3)c1ccc(F)cc1. The van der Waals surface area contributed by atoms with E-state index in [4.69, 9.17) is 4.98 Å². The first-order valence-electron chi connectivity index (χ1n) is 10.3. The maximum atomic E-state index is 14.7. The van der Waals surface area contributed by atoms with Gasteiger partial charge in [0.25, 0.3) is 5.56 Å². The predicted octanol–water partition coefficient (Wildman–Crippen LogP) is 5.58. The summed E-state index contributed by atoms with van der Waals surface area (Å²) >= 11 is 2.59. The van der Waals surface area contributed by atoms with Crippen LogP contribution in [0.3, 0.4) is 0 Å². The van der Waals surface area contributed by atoms with Gasteiger partial charge in [-0.25, -0.2) is 13.8 Å². The molecule has 2 aromatic heterocycles. The van der Waals surface area contributed by atoms with E-state index in [0.29, 0.717) is 15.8 Å². The summed E-state index contributed by atoms with van der Waals surface area (Å²) in [6.45, 7) is 0. The lowest BCUT2D eigenvalue weighted by Crippen LogP contribution is -2.23. The van der Waals surface area contributed by atoms with Crippen molar-refractivity contribution >= 4 is 39.1 Å². The van der Waals surface area contributed by atoms with Crippen LogP contribution in [0.15, 0.2) is 58.5 Å². The van der Waals surface area contributed by atoms with E-state index in [1.54, 1.807) is 12.1 Å². The Morgan fingerprint density at radius 1 is 1.06 bits per heavy atom. The highest BCUT2D eigenvalue weighted by Crippen LogP contribution is 2.35. The average molecular weight is 469 g/mol. The van der Waals surface area contributed by atoms with E-state index in [2.05, 4.69) is 0 Å². The number of nitrogens with zero attached hydrogens (tertiary/aromatic N) is 2. The quantitative estimate of drug-likeness (QED) is 0.218. The van der Waals surface area contributed by atoms with Crippen molar-refractivity contribution in [3.05, 3.63) is 86.5 Å². The number of benzene rings is 2. The summed E-state index contributed by atoms with van der Waals surface area (Å²) in [5.74, 6) is -1.19. The molecule has 0 spiro atoms. The summed E-state index contributed by atoms with van der Waals surface area (Å²) in [6, 6.07) is 11.4. The van der Waals surface area contributed by atoms with Crippen molar-refractivity contribution in [2.24, 2.45) is 0 Å². The fourth-order valence-electron chi connectivity index (χ4n) is 3.98. The van der Waals surface area contributed by atoms with Crippen LogP contribution in [0.25, 0.3) is 15.9 Å². The third-order valence-electron chi connectivity index (χ3n) is 5.55. The zero-order valence-electron chi connectivity index (χ0n) is 16.9. The maximum Gasteiger partial charge on any atom is 0.267 e. The summed E-state index contributed by atoms with van der Waals surface area (Å²) in [6.07, 6.45) is 3.83. The van der Waals surface area contributed by atoms with Crippen LogP contribution in [0.5, 0.6) is 0 Å². The number of Topliss-reactive ketones (excluding diaryl/α,β-unsaturated/α-hetero) is 1. The summed E-state index contributed by atoms with van der Waals surface area (Å²) in [4.78, 5) is 32.7. The molecule has 0 aliphatic heterocycles. The number of hydrogen-bond donors (Lipinski definition) is 0. The fraction of sp³-hybridized carbons (Fsp3) is 0.208. The lowest BCUT2D eigenvalue weighted by molar-refractivity contribution is 0.102. The van der Waals surface area contributed by atoms with E-state index in [9.17, 15) is 18.4 Å². The molecule has 0 saturated heterocycles. The Hall–Kier alpha value is -2.84. The van der Waals surface area contributed by atoms with Crippen LogP contribution in [0.2, 0.25) is 0 Å². The number of fused-ring (bicyclic) bond motifs is 3. The fourth-order valence-corrected chi connectivity index (χ4v) is 6.18. The number of rotatable bonds is 5. The molecule has 0 amide bonds. The van der Waals surface area contributed by atoms with Gasteiger partial charge in [0.05, 0.1) is 16.8 Å². The van der Waals surface area contributed by atoms with Crippen LogP contribution in [0, 0.1) is 11.6 Å². The van der Waals surface area contributed by atoms with Gasteiger partial charge in [0, 0.05) is 10.4 Å². The topological polar surface area (TPSA) is 52.0 Å². The Morgan fingerprint density at radius 3 is 2.59 bits per heavy atom. The summed E-state index contributed by atoms with van der Waals surface area (Å²) < 4.78 is 29.2. The highest BCUT2D eigenvalue weighted by molar-refractivity contribution is 7.99. The lowest BCUT2D eigenvalue weighted by Gasteiger charge is -2.14. The monoisotopic (exact) mass is 468 g/mol. The third kappa shape index (κ3) is 3.78. The van der Waals surface area contributed by atoms with E-state index in [-0.39, 0.29) is 27.9 Å². The van der Waals surface area contributed by atoms with E-state index in [0.717, 1.165) is 43.0 Å². The predicted molar refractivity (Wildman–Crippen MR) is 123 cm³/mol. The maximum absolute atomic E-state index is 14.7. The number of para-hydroxylation sites is 1. The van der Waals surface area contributed by atoms with Gasteiger partial charge in [-0.15, -0.1) is 11.3 Å². The van der Waals surface area contributed by atoms with Crippen molar-refractivity contribution in [3.8, 4) is 5.69 Å². The molecular weight excluding hydrogens is 450 g/mol. The van der Waals surface area contributed by atoms with Gasteiger partial charge in [0.1, 0.15) is 16.5 Å². The van der Waals surface area contributed by atoms with Crippen molar-refractivity contribution in [1.29, 1.82) is 0 Å². The van der Waals surface area contributed by atoms with E-state index in [1.807, 2.05) is 0 Å². The molecular formula is C24H18F2N2O2S2. The average Bonchev–Trinajstić information content (AvgIpc) is 3.17. The van der Waals surface area contributed by atoms with Crippen molar-refractivity contribution < 1.29 is 13.6 Å². The Kier molecular flexibility index (Phi) is 5.65. The number of hydrogen-bond acceptors (Lipinski definition) is 5. The number of aryl methyl sites for hydroxylation is 2. The normalized spacial score (nSPS) is 13.3. The highest BCUT2D eigenvalue weighted by atomic mass is 32.2. The summed E-state index contributed by atoms with van der Waals surface area (Å²) in [7, 11) is 0. The van der Waals surface area contributed by atoms with Crippen LogP contribution in [0.1, 0.15) is 33.6 Å². The largest absolute Gasteiger partial charge is 0.293 e. The van der Waals surface area contributed by atoms with Crippen LogP contribution < -0.4 is 5.56 Å². The van der Waals surface area contributed by atoms with Crippen molar-refractivity contribution in [2.75, 3.05) is 5.75 Å². The minimum absolute atomic E-state index is 0.0108. The van der Waals surface area contributed by atoms with Crippen LogP contribution >= 0.6 is 23.1 Å². The summed E-state index contributed by atoms with van der Waals surface area (Å²) in [5, 5.41) is 0.823. The molecule has 0 atom stereocenters. The number of carbonyl (C=O) groups is 1. The first-order valence-corrected chi connectivity index (χ1v) is 12.1. The molecule has 4 nitrogen and oxygen atoms in total. The van der Waals surface area contributed by atoms with Crippen molar-refractivity contribution in [2.45, 2.75) is 30.8 Å². The molecule has 2 aromatic carbocycles. The van der Waals surface area contributed by atoms with Gasteiger partial charge in [-0.2, -0.15) is 0 Å². The van der Waals surface area contributed by atoms with Crippen molar-refractivity contribution in [3.63, 3.8) is 0 Å². The number of carbonyl (C=O) groups excluding carboxylic acids is 1. The molecule has 0 unspecified atom stereocenters. The van der Waals surface area contributed by atoms with Crippen molar-refractivity contribution in [1.82, 2.24) is 9.55 Å². The zero-order chi connectivity index (χ0) is 22.2. The number of thioether (sulfide) groups is 1. The highest BCUT2D eigenvalue weighted by Gasteiger charge is 2.24. The molecule has 1 aliphatic rings. The van der Waals surface area contributed by atoms with Crippen LogP contribution in [-0.4, -0.2) is 21.1 Å². The van der Waals surface area contributed by atoms with Gasteiger partial charge in [-0.05, 0) is 67.6 Å². The molecule has 0 N–H and O–H groups in total. The Morgan fingerprint density at radius 2 is 1.81 bits per heavy atom. The number of aromatic nitrogens is 2. The second-order valence-corrected chi connectivity index (χ2v) is 9.62. The molecule has 0 bridgehead atoms. The molecule has 0 fully saturated rings. The molecule has 8 heteroatoms. The molecule has 4 aromatic rings. The van der Waals surface area contributed by atoms with Gasteiger partial charge >= 0.3 is 0 Å². The molecule has 32 heavy (non-hydrogen) atoms. The standard InChI is InChI=1S/C24H18F2N2O2S2/c25-15-11-9-14(10-12-15)19(29)13-31-24-27-22-21(16-5-1-4-8-20(16)32-22)23(30)28(24)18-7-3-2-6-17(18)26/h2-3,6-7,9-12H,1,4-5,8,13H2. The molecule has 0 saturated carbocycles. The third-order valence-corrected chi connectivity index (χ3v) is 7.67. The van der Waals surface area contributed by atoms with E-state index in [1.165, 1.54) is 57.2 Å². The number of ketones is 1. The van der Waals surface area contributed by atoms with Gasteiger partial charge < -0.3 is 0 Å². The second-order valence-electron chi connectivity index (χ2n) is 7.60. The van der Waals surface area contributed by atoms with Gasteiger partial charge in [0.2, 0.25) is 0 Å². The smallest absolute Gasteiger partial charge is 0.267 e. The first-order chi connectivity index (χ1) is 15.5. The molecule has 162 valence electrons. The van der Waals surface area contributed by atoms with Gasteiger partial charge in [-0.3, -0.25) is 14.2 Å². The lowest BCUT2D eigenvalue weighted by atomic mass is 9.97. The second kappa shape index (κ2) is 8.60. The Bertz CT molecular complexity index is 1390. The van der Waals surface area contributed by atoms with Gasteiger partial charge in [-0.1, -0.05) is 23.9 Å². The number of thiophene rings is 1. The number of halogens is 2. The first kappa shape index (κ1) is 21.0. The molecule has 2 heterocycles. The van der Waals surface area contributed by atoms with E-state index >= 15 is 0 Å². The van der Waals surface area contributed by atoms with Crippen LogP contribution in [0.4, 0.5) is 8.78 Å². The van der Waals surface area contributed by atoms with Gasteiger partial charge in [0.15, 0.2) is 10.9 Å².